The maximum Gasteiger partial charge on any atom is 1.00 e. The van der Waals surface area contributed by atoms with Crippen LogP contribution in [0.2, 0.25) is 0 Å². The minimum Gasteiger partial charge on any atom is -1.00 e. The molecule has 0 aliphatic carbocycles. The molecule has 0 amide bonds. The molecule has 2 aromatic carbocycles. The number of hydrogen-bond acceptors (Lipinski definition) is 6. The van der Waals surface area contributed by atoms with Gasteiger partial charge in [0.05, 0.1) is 26.4 Å². The Morgan fingerprint density at radius 1 is 0.853 bits per heavy atom. The van der Waals surface area contributed by atoms with Gasteiger partial charge in [-0.25, -0.2) is 0 Å². The molecule has 0 saturated heterocycles. The van der Waals surface area contributed by atoms with Crippen molar-refractivity contribution in [3.8, 4) is 23.0 Å². The summed E-state index contributed by atoms with van der Waals surface area (Å²) in [6.07, 6.45) is 1.99. The fraction of sp³-hybridized carbons (Fsp3) is 0.458. The van der Waals surface area contributed by atoms with E-state index in [1.54, 1.807) is 14.2 Å². The smallest absolute Gasteiger partial charge is 1.00 e. The Morgan fingerprint density at radius 2 is 1.26 bits per heavy atom. The van der Waals surface area contributed by atoms with E-state index in [0.717, 1.165) is 26.4 Å². The van der Waals surface area contributed by atoms with Crippen LogP contribution in [0.4, 0.5) is 0 Å². The van der Waals surface area contributed by atoms with Crippen molar-refractivity contribution in [3.63, 3.8) is 0 Å². The van der Waals surface area contributed by atoms with Gasteiger partial charge in [0, 0.05) is 30.4 Å². The van der Waals surface area contributed by atoms with E-state index in [1.165, 1.54) is 0 Å². The number of halogens is 2. The molecule has 0 aliphatic heterocycles. The Labute approximate surface area is 245 Å². The monoisotopic (exact) mass is 609 g/mol. The maximum absolute atomic E-state index is 10.5. The third kappa shape index (κ3) is 11.8. The third-order valence-electron chi connectivity index (χ3n) is 4.08. The van der Waals surface area contributed by atoms with E-state index in [4.69, 9.17) is 24.1 Å². The predicted molar refractivity (Wildman–Crippen MR) is 140 cm³/mol. The standard InChI is InChI=1S/C12H17BrO3.C12H15BrO3.B.Na.H/c2*1-8(2)16-12-6-9(4-5-14)10(13)7-11(12)15-3;;;/h6-8,14H,4-5H2,1-3H3;5-8H,4H2,1-3H3;;;/q;;;+1;-1. The van der Waals surface area contributed by atoms with Crippen LogP contribution in [0.1, 0.15) is 40.2 Å². The Kier molecular flexibility index (Phi) is 19.3. The number of aliphatic hydroxyl groups is 1. The van der Waals surface area contributed by atoms with Crippen LogP contribution in [0, 0.1) is 0 Å². The molecule has 1 N–H and O–H groups in total. The first-order valence-electron chi connectivity index (χ1n) is 10.3. The van der Waals surface area contributed by atoms with Gasteiger partial charge in [-0.2, -0.15) is 0 Å². The average Bonchev–Trinajstić information content (AvgIpc) is 2.72. The normalized spacial score (nSPS) is 9.85. The first-order chi connectivity index (χ1) is 15.2. The summed E-state index contributed by atoms with van der Waals surface area (Å²) in [6, 6.07) is 7.41. The predicted octanol–water partition coefficient (Wildman–Crippen LogP) is 2.50. The molecule has 3 radical (unpaired) electrons. The van der Waals surface area contributed by atoms with Gasteiger partial charge in [0.15, 0.2) is 23.0 Å². The van der Waals surface area contributed by atoms with Gasteiger partial charge in [0.1, 0.15) is 6.29 Å². The average molecular weight is 611 g/mol. The van der Waals surface area contributed by atoms with Gasteiger partial charge in [0.25, 0.3) is 0 Å². The maximum atomic E-state index is 10.5. The Bertz CT molecular complexity index is 888. The van der Waals surface area contributed by atoms with Crippen LogP contribution in [0.25, 0.3) is 0 Å². The van der Waals surface area contributed by atoms with E-state index in [0.29, 0.717) is 35.8 Å². The van der Waals surface area contributed by atoms with Crippen molar-refractivity contribution in [1.29, 1.82) is 0 Å². The molecule has 2 aromatic rings. The molecule has 0 saturated carbocycles. The van der Waals surface area contributed by atoms with Gasteiger partial charge in [-0.05, 0) is 69.5 Å². The van der Waals surface area contributed by atoms with Gasteiger partial charge < -0.3 is 30.3 Å². The minimum absolute atomic E-state index is 0. The number of rotatable bonds is 10. The summed E-state index contributed by atoms with van der Waals surface area (Å²) in [5.41, 5.74) is 1.91. The van der Waals surface area contributed by atoms with Crippen molar-refractivity contribution >= 4 is 46.6 Å². The zero-order valence-electron chi connectivity index (χ0n) is 22.0. The number of carbonyl (C=O) groups excluding carboxylic acids is 1. The van der Waals surface area contributed by atoms with E-state index in [1.807, 2.05) is 52.0 Å². The molecule has 6 nitrogen and oxygen atoms in total. The molecule has 0 spiro atoms. The molecule has 34 heavy (non-hydrogen) atoms. The topological polar surface area (TPSA) is 74.2 Å². The molecule has 0 fully saturated rings. The van der Waals surface area contributed by atoms with Crippen LogP contribution >= 0.6 is 31.9 Å². The molecule has 2 rings (SSSR count). The van der Waals surface area contributed by atoms with Crippen LogP contribution < -0.4 is 48.5 Å². The fourth-order valence-corrected chi connectivity index (χ4v) is 3.73. The summed E-state index contributed by atoms with van der Waals surface area (Å²) >= 11 is 6.84. The van der Waals surface area contributed by atoms with E-state index in [9.17, 15) is 4.79 Å². The van der Waals surface area contributed by atoms with Crippen molar-refractivity contribution in [1.82, 2.24) is 0 Å². The number of carbonyl (C=O) groups is 1. The largest absolute Gasteiger partial charge is 1.00 e. The third-order valence-corrected chi connectivity index (χ3v) is 5.55. The van der Waals surface area contributed by atoms with E-state index in [-0.39, 0.29) is 58.2 Å². The molecule has 183 valence electrons. The molecule has 10 heteroatoms. The molecule has 0 aliphatic rings. The summed E-state index contributed by atoms with van der Waals surface area (Å²) < 4.78 is 23.5. The van der Waals surface area contributed by atoms with Gasteiger partial charge in [-0.15, -0.1) is 0 Å². The molecule has 0 aromatic heterocycles. The second-order valence-electron chi connectivity index (χ2n) is 7.37. The fourth-order valence-electron chi connectivity index (χ4n) is 2.72. The van der Waals surface area contributed by atoms with Crippen molar-refractivity contribution in [3.05, 3.63) is 44.3 Å². The van der Waals surface area contributed by atoms with Crippen molar-refractivity contribution in [2.24, 2.45) is 0 Å². The Hall–Kier alpha value is -0.705. The zero-order valence-corrected chi connectivity index (χ0v) is 26.2. The van der Waals surface area contributed by atoms with Gasteiger partial charge in [-0.3, -0.25) is 0 Å². The summed E-state index contributed by atoms with van der Waals surface area (Å²) in [7, 11) is 3.20. The molecule has 0 heterocycles. The summed E-state index contributed by atoms with van der Waals surface area (Å²) in [5, 5.41) is 8.95. The first-order valence-corrected chi connectivity index (χ1v) is 11.9. The minimum atomic E-state index is 0. The summed E-state index contributed by atoms with van der Waals surface area (Å²) in [6.45, 7) is 7.94. The number of aliphatic hydroxyl groups excluding tert-OH is 1. The molecular weight excluding hydrogens is 578 g/mol. The molecule has 0 atom stereocenters. The SMILES string of the molecule is COc1cc(Br)c(CC=O)cc1OC(C)C.COc1cc(Br)c(CCO)cc1OC(C)C.[B].[H-].[Na+]. The number of ether oxygens (including phenoxy) is 4. The number of aldehydes is 1. The Morgan fingerprint density at radius 3 is 1.62 bits per heavy atom. The molecular formula is C24H33BBr2NaO6. The van der Waals surface area contributed by atoms with E-state index >= 15 is 0 Å². The van der Waals surface area contributed by atoms with Gasteiger partial charge in [-0.1, -0.05) is 31.9 Å². The van der Waals surface area contributed by atoms with Crippen LogP contribution in [-0.2, 0) is 17.6 Å². The second kappa shape index (κ2) is 18.5. The van der Waals surface area contributed by atoms with Crippen LogP contribution in [0.3, 0.4) is 0 Å². The van der Waals surface area contributed by atoms with Crippen molar-refractivity contribution in [2.75, 3.05) is 20.8 Å². The van der Waals surface area contributed by atoms with E-state index < -0.39 is 0 Å². The van der Waals surface area contributed by atoms with Crippen LogP contribution in [0.5, 0.6) is 23.0 Å². The number of hydrogen-bond donors (Lipinski definition) is 1. The Balaban J connectivity index is -0.000000539. The van der Waals surface area contributed by atoms with Crippen LogP contribution in [-0.4, -0.2) is 52.8 Å². The molecule has 0 unspecified atom stereocenters. The first kappa shape index (κ1) is 35.5. The molecule has 0 bridgehead atoms. The van der Waals surface area contributed by atoms with Gasteiger partial charge in [0.2, 0.25) is 0 Å². The van der Waals surface area contributed by atoms with E-state index in [2.05, 4.69) is 31.9 Å². The van der Waals surface area contributed by atoms with Crippen molar-refractivity contribution in [2.45, 2.75) is 52.7 Å². The summed E-state index contributed by atoms with van der Waals surface area (Å²) in [5.74, 6) is 2.74. The quantitative estimate of drug-likeness (QED) is 0.329. The number of benzene rings is 2. The number of methoxy groups -OCH3 is 2. The second-order valence-corrected chi connectivity index (χ2v) is 9.08. The van der Waals surface area contributed by atoms with Crippen LogP contribution in [0.15, 0.2) is 33.2 Å². The summed E-state index contributed by atoms with van der Waals surface area (Å²) in [4.78, 5) is 10.5. The van der Waals surface area contributed by atoms with Gasteiger partial charge >= 0.3 is 29.6 Å². The zero-order chi connectivity index (χ0) is 24.3. The van der Waals surface area contributed by atoms with Crippen molar-refractivity contribution < 1.29 is 59.8 Å².